The van der Waals surface area contributed by atoms with Gasteiger partial charge in [-0.25, -0.2) is 0 Å². The molecular weight excluding hydrogens is 412 g/mol. The van der Waals surface area contributed by atoms with Gasteiger partial charge in [0.05, 0.1) is 19.3 Å². The molecule has 172 valence electrons. The van der Waals surface area contributed by atoms with E-state index in [9.17, 15) is 9.90 Å². The van der Waals surface area contributed by atoms with Crippen LogP contribution in [0.3, 0.4) is 0 Å². The number of aliphatic hydroxyl groups is 1. The van der Waals surface area contributed by atoms with Gasteiger partial charge in [0.1, 0.15) is 5.75 Å². The standard InChI is InChI=1S/C28H32N2O3/c1-33-26-7-3-2-6-21(26)11-8-20-9-12-22(13-10-20)27-24-18-29(28(32)23-14-15-23)16-4-5-17-30(24)25(27)19-31/h2-3,6-7,9-10,12-13,23-25,27,31H,4-5,14-19H2,1H3/t24-,25+,27-/m1/s1. The van der Waals surface area contributed by atoms with Crippen LogP contribution in [0.15, 0.2) is 48.5 Å². The summed E-state index contributed by atoms with van der Waals surface area (Å²) in [7, 11) is 1.66. The summed E-state index contributed by atoms with van der Waals surface area (Å²) < 4.78 is 5.39. The van der Waals surface area contributed by atoms with Crippen molar-refractivity contribution in [3.8, 4) is 17.6 Å². The highest BCUT2D eigenvalue weighted by Crippen LogP contribution is 2.42. The highest BCUT2D eigenvalue weighted by molar-refractivity contribution is 5.81. The number of hydrogen-bond donors (Lipinski definition) is 1. The van der Waals surface area contributed by atoms with Gasteiger partial charge in [0.2, 0.25) is 5.91 Å². The van der Waals surface area contributed by atoms with Crippen molar-refractivity contribution < 1.29 is 14.6 Å². The summed E-state index contributed by atoms with van der Waals surface area (Å²) in [6.07, 6.45) is 4.21. The highest BCUT2D eigenvalue weighted by atomic mass is 16.5. The van der Waals surface area contributed by atoms with E-state index in [4.69, 9.17) is 4.74 Å². The lowest BCUT2D eigenvalue weighted by Gasteiger charge is -2.57. The molecule has 1 saturated carbocycles. The van der Waals surface area contributed by atoms with E-state index < -0.39 is 0 Å². The Morgan fingerprint density at radius 2 is 1.82 bits per heavy atom. The van der Waals surface area contributed by atoms with Crippen LogP contribution in [0.25, 0.3) is 0 Å². The first-order valence-electron chi connectivity index (χ1n) is 12.1. The number of hydrogen-bond acceptors (Lipinski definition) is 4. The summed E-state index contributed by atoms with van der Waals surface area (Å²) in [5, 5.41) is 10.1. The number of para-hydroxylation sites is 1. The average molecular weight is 445 g/mol. The fourth-order valence-corrected chi connectivity index (χ4v) is 5.41. The van der Waals surface area contributed by atoms with Crippen LogP contribution in [0, 0.1) is 17.8 Å². The number of fused-ring (bicyclic) bond motifs is 1. The van der Waals surface area contributed by atoms with Crippen molar-refractivity contribution in [2.24, 2.45) is 5.92 Å². The molecule has 5 nitrogen and oxygen atoms in total. The molecule has 2 aromatic rings. The fraction of sp³-hybridized carbons (Fsp3) is 0.464. The van der Waals surface area contributed by atoms with Crippen LogP contribution in [-0.4, -0.2) is 66.2 Å². The predicted molar refractivity (Wildman–Crippen MR) is 128 cm³/mol. The Morgan fingerprint density at radius 3 is 2.55 bits per heavy atom. The third-order valence-corrected chi connectivity index (χ3v) is 7.35. The monoisotopic (exact) mass is 444 g/mol. The highest BCUT2D eigenvalue weighted by Gasteiger charge is 2.50. The Hall–Kier alpha value is -2.81. The number of amides is 1. The summed E-state index contributed by atoms with van der Waals surface area (Å²) >= 11 is 0. The molecule has 2 aliphatic heterocycles. The number of methoxy groups -OCH3 is 1. The smallest absolute Gasteiger partial charge is 0.225 e. The minimum absolute atomic E-state index is 0.122. The number of nitrogens with zero attached hydrogens (tertiary/aromatic N) is 2. The van der Waals surface area contributed by atoms with E-state index in [1.807, 2.05) is 24.3 Å². The molecule has 0 radical (unpaired) electrons. The van der Waals surface area contributed by atoms with Gasteiger partial charge in [-0.3, -0.25) is 9.69 Å². The van der Waals surface area contributed by atoms with Gasteiger partial charge in [-0.1, -0.05) is 36.1 Å². The molecule has 5 heteroatoms. The number of rotatable bonds is 4. The first-order chi connectivity index (χ1) is 16.2. The predicted octanol–water partition coefficient (Wildman–Crippen LogP) is 3.26. The molecule has 2 heterocycles. The average Bonchev–Trinajstić information content (AvgIpc) is 3.68. The van der Waals surface area contributed by atoms with Crippen LogP contribution in [-0.2, 0) is 4.79 Å². The molecule has 2 aromatic carbocycles. The van der Waals surface area contributed by atoms with Crippen molar-refractivity contribution >= 4 is 5.91 Å². The molecule has 0 bridgehead atoms. The van der Waals surface area contributed by atoms with Gasteiger partial charge in [0.15, 0.2) is 0 Å². The number of benzene rings is 2. The molecule has 3 fully saturated rings. The molecule has 3 atom stereocenters. The molecule has 1 N–H and O–H groups in total. The van der Waals surface area contributed by atoms with Crippen molar-refractivity contribution in [1.82, 2.24) is 9.80 Å². The molecule has 1 amide bonds. The van der Waals surface area contributed by atoms with E-state index in [2.05, 4.69) is 45.9 Å². The lowest BCUT2D eigenvalue weighted by atomic mass is 9.74. The second-order valence-electron chi connectivity index (χ2n) is 9.42. The normalized spacial score (nSPS) is 25.0. The molecule has 3 aliphatic rings. The van der Waals surface area contributed by atoms with Crippen molar-refractivity contribution in [2.45, 2.75) is 43.7 Å². The van der Waals surface area contributed by atoms with Crippen molar-refractivity contribution in [3.05, 3.63) is 65.2 Å². The van der Waals surface area contributed by atoms with E-state index in [-0.39, 0.29) is 30.5 Å². The van der Waals surface area contributed by atoms with E-state index in [1.165, 1.54) is 5.56 Å². The maximum absolute atomic E-state index is 12.8. The number of carbonyl (C=O) groups excluding carboxylic acids is 1. The molecule has 0 spiro atoms. The zero-order valence-electron chi connectivity index (χ0n) is 19.2. The Bertz CT molecular complexity index is 1050. The molecule has 33 heavy (non-hydrogen) atoms. The van der Waals surface area contributed by atoms with Crippen LogP contribution >= 0.6 is 0 Å². The van der Waals surface area contributed by atoms with Gasteiger partial charge in [-0.15, -0.1) is 0 Å². The molecule has 2 saturated heterocycles. The Labute approximate surface area is 196 Å². The van der Waals surface area contributed by atoms with E-state index in [0.717, 1.165) is 62.2 Å². The molecule has 5 rings (SSSR count). The fourth-order valence-electron chi connectivity index (χ4n) is 5.41. The maximum Gasteiger partial charge on any atom is 0.225 e. The van der Waals surface area contributed by atoms with Gasteiger partial charge in [0.25, 0.3) is 0 Å². The third-order valence-electron chi connectivity index (χ3n) is 7.35. The van der Waals surface area contributed by atoms with E-state index in [0.29, 0.717) is 5.91 Å². The third kappa shape index (κ3) is 4.51. The molecule has 0 aromatic heterocycles. The van der Waals surface area contributed by atoms with Gasteiger partial charge in [0, 0.05) is 42.6 Å². The van der Waals surface area contributed by atoms with Crippen LogP contribution in [0.5, 0.6) is 5.75 Å². The first-order valence-corrected chi connectivity index (χ1v) is 12.1. The summed E-state index contributed by atoms with van der Waals surface area (Å²) in [6.45, 7) is 2.78. The van der Waals surface area contributed by atoms with Crippen LogP contribution in [0.4, 0.5) is 0 Å². The summed E-state index contributed by atoms with van der Waals surface area (Å²) in [6, 6.07) is 16.6. The quantitative estimate of drug-likeness (QED) is 0.736. The SMILES string of the molecule is COc1ccccc1C#Cc1ccc([C@@H]2[C@H]3CN(C(=O)C4CC4)CCCCN3[C@H]2CO)cc1. The van der Waals surface area contributed by atoms with Crippen LogP contribution < -0.4 is 4.74 Å². The maximum atomic E-state index is 12.8. The number of carbonyl (C=O) groups is 1. The summed E-state index contributed by atoms with van der Waals surface area (Å²) in [5.74, 6) is 8.04. The Kier molecular flexibility index (Phi) is 6.39. The number of aliphatic hydroxyl groups excluding tert-OH is 1. The first kappa shape index (κ1) is 22.0. The van der Waals surface area contributed by atoms with Crippen molar-refractivity contribution in [1.29, 1.82) is 0 Å². The zero-order valence-corrected chi connectivity index (χ0v) is 19.2. The molecule has 1 aliphatic carbocycles. The van der Waals surface area contributed by atoms with Gasteiger partial charge in [-0.2, -0.15) is 0 Å². The summed E-state index contributed by atoms with van der Waals surface area (Å²) in [4.78, 5) is 17.3. The largest absolute Gasteiger partial charge is 0.495 e. The van der Waals surface area contributed by atoms with Gasteiger partial charge < -0.3 is 14.7 Å². The second-order valence-corrected chi connectivity index (χ2v) is 9.42. The van der Waals surface area contributed by atoms with Crippen LogP contribution in [0.2, 0.25) is 0 Å². The zero-order chi connectivity index (χ0) is 22.8. The minimum Gasteiger partial charge on any atom is -0.495 e. The minimum atomic E-state index is 0.122. The Morgan fingerprint density at radius 1 is 1.06 bits per heavy atom. The molecular formula is C28H32N2O3. The molecule has 0 unspecified atom stereocenters. The van der Waals surface area contributed by atoms with Crippen LogP contribution in [0.1, 0.15) is 48.3 Å². The topological polar surface area (TPSA) is 53.0 Å². The Balaban J connectivity index is 1.34. The summed E-state index contributed by atoms with van der Waals surface area (Å²) in [5.41, 5.74) is 3.04. The van der Waals surface area contributed by atoms with E-state index >= 15 is 0 Å². The van der Waals surface area contributed by atoms with E-state index in [1.54, 1.807) is 7.11 Å². The second kappa shape index (κ2) is 9.59. The number of ether oxygens (including phenoxy) is 1. The lowest BCUT2D eigenvalue weighted by Crippen LogP contribution is -2.68. The van der Waals surface area contributed by atoms with Gasteiger partial charge in [-0.05, 0) is 62.1 Å². The van der Waals surface area contributed by atoms with Crippen molar-refractivity contribution in [3.63, 3.8) is 0 Å². The van der Waals surface area contributed by atoms with Crippen molar-refractivity contribution in [2.75, 3.05) is 33.4 Å². The van der Waals surface area contributed by atoms with Gasteiger partial charge >= 0.3 is 0 Å². The lowest BCUT2D eigenvalue weighted by molar-refractivity contribution is -0.137.